The SMILES string of the molecule is CC(C)(O)c1cccc(S(N)(=O)=NC(=O)Nc2c3c(cc4c2CCC4)CCC3)c1. The monoisotopic (exact) mass is 413 g/mol. The van der Waals surface area contributed by atoms with Crippen molar-refractivity contribution in [2.45, 2.75) is 62.9 Å². The highest BCUT2D eigenvalue weighted by Gasteiger charge is 2.25. The summed E-state index contributed by atoms with van der Waals surface area (Å²) >= 11 is 0. The number of nitrogens with zero attached hydrogens (tertiary/aromatic N) is 1. The molecule has 0 bridgehead atoms. The molecule has 154 valence electrons. The molecular weight excluding hydrogens is 386 g/mol. The number of carbonyl (C=O) groups is 1. The van der Waals surface area contributed by atoms with Gasteiger partial charge >= 0.3 is 6.03 Å². The number of amides is 2. The third-order valence-corrected chi connectivity index (χ3v) is 7.17. The van der Waals surface area contributed by atoms with Gasteiger partial charge in [-0.15, -0.1) is 4.36 Å². The van der Waals surface area contributed by atoms with Crippen LogP contribution in [0, 0.1) is 0 Å². The zero-order valence-corrected chi connectivity index (χ0v) is 17.6. The normalized spacial score (nSPS) is 17.4. The Morgan fingerprint density at radius 2 is 1.72 bits per heavy atom. The van der Waals surface area contributed by atoms with Crippen LogP contribution >= 0.6 is 0 Å². The number of anilines is 1. The van der Waals surface area contributed by atoms with Crippen LogP contribution in [-0.2, 0) is 41.2 Å². The number of carbonyl (C=O) groups excluding carboxylic acids is 1. The number of hydrogen-bond donors (Lipinski definition) is 3. The average molecular weight is 414 g/mol. The molecule has 29 heavy (non-hydrogen) atoms. The quantitative estimate of drug-likeness (QED) is 0.712. The highest BCUT2D eigenvalue weighted by Crippen LogP contribution is 2.38. The number of aryl methyl sites for hydroxylation is 2. The predicted molar refractivity (Wildman–Crippen MR) is 114 cm³/mol. The maximum atomic E-state index is 13.0. The lowest BCUT2D eigenvalue weighted by molar-refractivity contribution is 0.0784. The topological polar surface area (TPSA) is 105 Å². The van der Waals surface area contributed by atoms with Gasteiger partial charge in [0, 0.05) is 5.69 Å². The van der Waals surface area contributed by atoms with E-state index in [-0.39, 0.29) is 4.90 Å². The number of nitrogens with one attached hydrogen (secondary N) is 1. The molecule has 0 saturated heterocycles. The average Bonchev–Trinajstić information content (AvgIpc) is 3.29. The molecule has 0 aliphatic heterocycles. The van der Waals surface area contributed by atoms with Crippen molar-refractivity contribution in [1.29, 1.82) is 0 Å². The Bertz CT molecular complexity index is 1080. The number of aliphatic hydroxyl groups is 1. The number of nitrogens with two attached hydrogens (primary N) is 1. The van der Waals surface area contributed by atoms with E-state index in [2.05, 4.69) is 15.7 Å². The Balaban J connectivity index is 1.67. The van der Waals surface area contributed by atoms with E-state index in [0.717, 1.165) is 44.2 Å². The second-order valence-electron chi connectivity index (χ2n) is 8.41. The third-order valence-electron chi connectivity index (χ3n) is 5.80. The lowest BCUT2D eigenvalue weighted by Gasteiger charge is -2.18. The number of rotatable bonds is 3. The number of benzene rings is 2. The summed E-state index contributed by atoms with van der Waals surface area (Å²) in [4.78, 5) is 12.9. The van der Waals surface area contributed by atoms with Gasteiger partial charge < -0.3 is 10.4 Å². The van der Waals surface area contributed by atoms with Crippen LogP contribution in [0.5, 0.6) is 0 Å². The van der Waals surface area contributed by atoms with E-state index in [1.807, 2.05) is 0 Å². The maximum Gasteiger partial charge on any atom is 0.354 e. The molecule has 1 unspecified atom stereocenters. The summed E-state index contributed by atoms with van der Waals surface area (Å²) in [5.41, 5.74) is 5.26. The molecule has 6 nitrogen and oxygen atoms in total. The molecule has 2 aromatic rings. The van der Waals surface area contributed by atoms with Gasteiger partial charge in [0.05, 0.1) is 10.5 Å². The van der Waals surface area contributed by atoms with Gasteiger partial charge in [-0.25, -0.2) is 14.1 Å². The molecule has 0 radical (unpaired) electrons. The van der Waals surface area contributed by atoms with Crippen LogP contribution in [0.3, 0.4) is 0 Å². The minimum absolute atomic E-state index is 0.218. The Labute approximate surface area is 171 Å². The highest BCUT2D eigenvalue weighted by molar-refractivity contribution is 7.91. The van der Waals surface area contributed by atoms with Crippen LogP contribution in [-0.4, -0.2) is 15.3 Å². The Morgan fingerprint density at radius 3 is 2.31 bits per heavy atom. The van der Waals surface area contributed by atoms with Crippen molar-refractivity contribution in [2.75, 3.05) is 5.32 Å². The van der Waals surface area contributed by atoms with Crippen LogP contribution < -0.4 is 10.5 Å². The molecule has 4 N–H and O–H groups in total. The molecule has 0 aromatic heterocycles. The predicted octanol–water partition coefficient (Wildman–Crippen LogP) is 3.82. The summed E-state index contributed by atoms with van der Waals surface area (Å²) in [5.74, 6) is 0. The molecular formula is C22H27N3O3S. The molecule has 0 fully saturated rings. The van der Waals surface area contributed by atoms with Gasteiger partial charge in [-0.1, -0.05) is 18.2 Å². The minimum Gasteiger partial charge on any atom is -0.386 e. The molecule has 4 rings (SSSR count). The standard InChI is InChI=1S/C22H27N3O3S/c1-22(2,27)16-8-5-9-17(13-16)29(23,28)25-21(26)24-20-18-10-3-6-14(18)12-15-7-4-11-19(15)20/h5,8-9,12-13,27H,3-4,6-7,10-11H2,1-2H3,(H3,23,24,25,26,28). The molecule has 2 aliphatic carbocycles. The highest BCUT2D eigenvalue weighted by atomic mass is 32.2. The Kier molecular flexibility index (Phi) is 5.01. The molecule has 7 heteroatoms. The van der Waals surface area contributed by atoms with Crippen molar-refractivity contribution in [3.05, 3.63) is 58.1 Å². The summed E-state index contributed by atoms with van der Waals surface area (Å²) < 4.78 is 16.8. The van der Waals surface area contributed by atoms with Crippen molar-refractivity contribution in [3.8, 4) is 0 Å². The van der Waals surface area contributed by atoms with Gasteiger partial charge in [-0.2, -0.15) is 0 Å². The van der Waals surface area contributed by atoms with E-state index in [4.69, 9.17) is 5.14 Å². The zero-order valence-electron chi connectivity index (χ0n) is 16.8. The van der Waals surface area contributed by atoms with E-state index in [0.29, 0.717) is 5.56 Å². The second kappa shape index (κ2) is 7.23. The minimum atomic E-state index is -3.44. The maximum absolute atomic E-state index is 13.0. The van der Waals surface area contributed by atoms with E-state index < -0.39 is 21.5 Å². The van der Waals surface area contributed by atoms with E-state index in [9.17, 15) is 14.1 Å². The van der Waals surface area contributed by atoms with Gasteiger partial charge in [0.15, 0.2) is 0 Å². The van der Waals surface area contributed by atoms with Crippen molar-refractivity contribution in [1.82, 2.24) is 0 Å². The fourth-order valence-corrected chi connectivity index (χ4v) is 5.30. The number of hydrogen-bond acceptors (Lipinski definition) is 3. The Hall–Kier alpha value is -2.22. The van der Waals surface area contributed by atoms with Crippen LogP contribution in [0.15, 0.2) is 39.6 Å². The van der Waals surface area contributed by atoms with Gasteiger partial charge in [-0.05, 0) is 92.3 Å². The van der Waals surface area contributed by atoms with Crippen LogP contribution in [0.1, 0.15) is 54.5 Å². The molecule has 2 aliphatic rings. The van der Waals surface area contributed by atoms with Gasteiger partial charge in [0.1, 0.15) is 9.92 Å². The number of fused-ring (bicyclic) bond motifs is 2. The first-order chi connectivity index (χ1) is 13.6. The van der Waals surface area contributed by atoms with Crippen molar-refractivity contribution >= 4 is 21.6 Å². The van der Waals surface area contributed by atoms with Crippen molar-refractivity contribution in [2.24, 2.45) is 9.50 Å². The first-order valence-corrected chi connectivity index (χ1v) is 11.6. The van der Waals surface area contributed by atoms with Gasteiger partial charge in [-0.3, -0.25) is 0 Å². The summed E-state index contributed by atoms with van der Waals surface area (Å²) in [6.45, 7) is 3.26. The third kappa shape index (κ3) is 3.95. The van der Waals surface area contributed by atoms with Gasteiger partial charge in [0.2, 0.25) is 0 Å². The molecule has 0 heterocycles. The number of urea groups is 1. The van der Waals surface area contributed by atoms with Crippen molar-refractivity contribution in [3.63, 3.8) is 0 Å². The van der Waals surface area contributed by atoms with E-state index >= 15 is 0 Å². The summed E-state index contributed by atoms with van der Waals surface area (Å²) in [5, 5.41) is 19.0. The fraction of sp³-hybridized carbons (Fsp3) is 0.409. The van der Waals surface area contributed by atoms with Crippen LogP contribution in [0.4, 0.5) is 10.5 Å². The van der Waals surface area contributed by atoms with Crippen molar-refractivity contribution < 1.29 is 14.1 Å². The molecule has 2 aromatic carbocycles. The molecule has 0 saturated carbocycles. The van der Waals surface area contributed by atoms with E-state index in [1.165, 1.54) is 28.3 Å². The molecule has 1 atom stereocenters. The van der Waals surface area contributed by atoms with Crippen LogP contribution in [0.25, 0.3) is 0 Å². The molecule has 2 amide bonds. The summed E-state index contributed by atoms with van der Waals surface area (Å²) in [6.07, 6.45) is 6.08. The lowest BCUT2D eigenvalue weighted by atomic mass is 9.99. The fourth-order valence-electron chi connectivity index (χ4n) is 4.33. The largest absolute Gasteiger partial charge is 0.386 e. The first kappa shape index (κ1) is 20.1. The lowest BCUT2D eigenvalue weighted by Crippen LogP contribution is -2.20. The van der Waals surface area contributed by atoms with E-state index in [1.54, 1.807) is 32.0 Å². The zero-order chi connectivity index (χ0) is 20.8. The summed E-state index contributed by atoms with van der Waals surface area (Å²) in [6, 6.07) is 8.06. The van der Waals surface area contributed by atoms with Gasteiger partial charge in [0.25, 0.3) is 0 Å². The van der Waals surface area contributed by atoms with Crippen LogP contribution in [0.2, 0.25) is 0 Å². The smallest absolute Gasteiger partial charge is 0.354 e. The molecule has 0 spiro atoms. The second-order valence-corrected chi connectivity index (χ2v) is 10.2. The summed E-state index contributed by atoms with van der Waals surface area (Å²) in [7, 11) is -3.44. The Morgan fingerprint density at radius 1 is 1.10 bits per heavy atom. The first-order valence-electron chi connectivity index (χ1n) is 10.0.